The van der Waals surface area contributed by atoms with Crippen molar-refractivity contribution in [1.82, 2.24) is 15.1 Å². The van der Waals surface area contributed by atoms with E-state index in [1.165, 1.54) is 12.1 Å². The van der Waals surface area contributed by atoms with E-state index in [1.54, 1.807) is 18.2 Å². The fraction of sp³-hybridized carbons (Fsp3) is 0.333. The van der Waals surface area contributed by atoms with Gasteiger partial charge >= 0.3 is 5.97 Å². The summed E-state index contributed by atoms with van der Waals surface area (Å²) in [7, 11) is 0. The number of aromatic nitrogens is 2. The summed E-state index contributed by atoms with van der Waals surface area (Å²) in [5, 5.41) is 20.4. The zero-order chi connectivity index (χ0) is 23.3. The number of anilines is 2. The van der Waals surface area contributed by atoms with Crippen LogP contribution >= 0.6 is 11.6 Å². The lowest BCUT2D eigenvalue weighted by Gasteiger charge is -2.49. The van der Waals surface area contributed by atoms with E-state index < -0.39 is 29.1 Å². The smallest absolute Gasteiger partial charge is 0.310 e. The molecule has 2 aromatic carbocycles. The van der Waals surface area contributed by atoms with Crippen LogP contribution in [-0.2, 0) is 17.8 Å². The molecule has 1 aromatic heterocycles. The Morgan fingerprint density at radius 2 is 2.18 bits per heavy atom. The molecule has 1 aliphatic carbocycles. The van der Waals surface area contributed by atoms with Crippen LogP contribution in [0, 0.1) is 24.0 Å². The number of piperidine rings is 1. The molecule has 1 saturated heterocycles. The highest BCUT2D eigenvalue weighted by Crippen LogP contribution is 2.53. The van der Waals surface area contributed by atoms with Crippen LogP contribution in [-0.4, -0.2) is 32.7 Å². The number of carboxylic acids is 1. The van der Waals surface area contributed by atoms with E-state index >= 15 is 4.39 Å². The molecule has 0 saturated carbocycles. The molecule has 3 aromatic rings. The van der Waals surface area contributed by atoms with Crippen LogP contribution in [0.25, 0.3) is 0 Å². The predicted octanol–water partition coefficient (Wildman–Crippen LogP) is 5.36. The molecule has 1 fully saturated rings. The van der Waals surface area contributed by atoms with Crippen LogP contribution in [0.4, 0.5) is 20.3 Å². The first-order valence-electron chi connectivity index (χ1n) is 10.8. The molecule has 1 unspecified atom stereocenters. The fourth-order valence-corrected chi connectivity index (χ4v) is 5.37. The zero-order valence-electron chi connectivity index (χ0n) is 18.0. The van der Waals surface area contributed by atoms with Crippen molar-refractivity contribution in [3.8, 4) is 0 Å². The van der Waals surface area contributed by atoms with Gasteiger partial charge in [0.15, 0.2) is 5.82 Å². The van der Waals surface area contributed by atoms with Gasteiger partial charge in [-0.25, -0.2) is 8.78 Å². The minimum absolute atomic E-state index is 0.0377. The number of likely N-dealkylation sites (tertiary alicyclic amines) is 1. The first-order valence-corrected chi connectivity index (χ1v) is 11.2. The standard InChI is InChI=1S/C24H23ClF2N4O2/c1-13-9-20(30-29-13)28-18-6-5-17(26)15-10-24(23(32)33)7-8-31(19(11-24)21(15)18)12-14-3-2-4-16(25)22(14)27/h2-6,9,19H,7-8,10-12H2,1H3,(H,32,33)(H2,28,29,30)/t19?,24-/m1/s1. The average molecular weight is 473 g/mol. The lowest BCUT2D eigenvalue weighted by molar-refractivity contribution is -0.154. The molecule has 2 aliphatic rings. The molecule has 2 heterocycles. The maximum absolute atomic E-state index is 15.1. The van der Waals surface area contributed by atoms with Crippen molar-refractivity contribution >= 4 is 29.1 Å². The number of benzene rings is 2. The predicted molar refractivity (Wildman–Crippen MR) is 121 cm³/mol. The van der Waals surface area contributed by atoms with Crippen molar-refractivity contribution in [3.05, 3.63) is 75.4 Å². The molecule has 33 heavy (non-hydrogen) atoms. The second-order valence-corrected chi connectivity index (χ2v) is 9.37. The quantitative estimate of drug-likeness (QED) is 0.466. The number of hydrogen-bond acceptors (Lipinski definition) is 4. The van der Waals surface area contributed by atoms with Gasteiger partial charge < -0.3 is 10.4 Å². The number of fused-ring (bicyclic) bond motifs is 4. The van der Waals surface area contributed by atoms with E-state index in [-0.39, 0.29) is 18.0 Å². The number of carboxylic acid groups (broad SMARTS) is 1. The van der Waals surface area contributed by atoms with Crippen molar-refractivity contribution in [1.29, 1.82) is 0 Å². The van der Waals surface area contributed by atoms with E-state index in [1.807, 2.05) is 17.9 Å². The van der Waals surface area contributed by atoms with E-state index in [0.717, 1.165) is 5.69 Å². The molecule has 172 valence electrons. The highest BCUT2D eigenvalue weighted by Gasteiger charge is 2.51. The second-order valence-electron chi connectivity index (χ2n) is 8.96. The molecule has 0 radical (unpaired) electrons. The lowest BCUT2D eigenvalue weighted by atomic mass is 9.64. The topological polar surface area (TPSA) is 81.2 Å². The van der Waals surface area contributed by atoms with Crippen LogP contribution < -0.4 is 5.32 Å². The SMILES string of the molecule is Cc1cc(Nc2ccc(F)c3c2C2C[C@@](C(=O)O)(CCN2Cc2cccc(Cl)c2F)C3)n[nH]1. The molecule has 0 amide bonds. The molecule has 3 N–H and O–H groups in total. The Balaban J connectivity index is 1.60. The van der Waals surface area contributed by atoms with Gasteiger partial charge in [0.05, 0.1) is 10.4 Å². The van der Waals surface area contributed by atoms with Gasteiger partial charge in [0, 0.05) is 42.1 Å². The fourth-order valence-electron chi connectivity index (χ4n) is 5.17. The van der Waals surface area contributed by atoms with Gasteiger partial charge in [0.1, 0.15) is 11.6 Å². The largest absolute Gasteiger partial charge is 0.481 e. The minimum atomic E-state index is -1.05. The van der Waals surface area contributed by atoms with E-state index in [0.29, 0.717) is 47.6 Å². The summed E-state index contributed by atoms with van der Waals surface area (Å²) in [5.41, 5.74) is 2.00. The van der Waals surface area contributed by atoms with E-state index in [4.69, 9.17) is 11.6 Å². The summed E-state index contributed by atoms with van der Waals surface area (Å²) in [5.74, 6) is -1.26. The molecule has 2 bridgehead atoms. The van der Waals surface area contributed by atoms with Gasteiger partial charge in [-0.2, -0.15) is 5.10 Å². The number of carbonyl (C=O) groups is 1. The third-order valence-corrected chi connectivity index (χ3v) is 7.17. The molecular formula is C24H23ClF2N4O2. The van der Waals surface area contributed by atoms with Crippen molar-refractivity contribution in [3.63, 3.8) is 0 Å². The first-order chi connectivity index (χ1) is 15.8. The maximum atomic E-state index is 15.1. The Morgan fingerprint density at radius 1 is 1.36 bits per heavy atom. The molecule has 9 heteroatoms. The number of aliphatic carboxylic acids is 1. The number of aromatic amines is 1. The van der Waals surface area contributed by atoms with Crippen LogP contribution in [0.2, 0.25) is 5.02 Å². The Kier molecular flexibility index (Phi) is 5.37. The third-order valence-electron chi connectivity index (χ3n) is 6.88. The normalized spacial score (nSPS) is 22.1. The van der Waals surface area contributed by atoms with E-state index in [9.17, 15) is 14.3 Å². The number of aryl methyl sites for hydroxylation is 1. The number of nitrogens with zero attached hydrogens (tertiary/aromatic N) is 2. The average Bonchev–Trinajstić information content (AvgIpc) is 3.19. The van der Waals surface area contributed by atoms with Gasteiger partial charge in [0.25, 0.3) is 0 Å². The van der Waals surface area contributed by atoms with Gasteiger partial charge in [-0.05, 0) is 55.5 Å². The minimum Gasteiger partial charge on any atom is -0.481 e. The monoisotopic (exact) mass is 472 g/mol. The zero-order valence-corrected chi connectivity index (χ0v) is 18.7. The molecular weight excluding hydrogens is 450 g/mol. The second kappa shape index (κ2) is 8.11. The Hall–Kier alpha value is -2.97. The van der Waals surface area contributed by atoms with Crippen LogP contribution in [0.5, 0.6) is 0 Å². The highest BCUT2D eigenvalue weighted by atomic mass is 35.5. The Morgan fingerprint density at radius 3 is 2.91 bits per heavy atom. The molecule has 5 rings (SSSR count). The van der Waals surface area contributed by atoms with Crippen molar-refractivity contribution in [2.75, 3.05) is 11.9 Å². The highest BCUT2D eigenvalue weighted by molar-refractivity contribution is 6.30. The number of hydrogen-bond donors (Lipinski definition) is 3. The lowest BCUT2D eigenvalue weighted by Crippen LogP contribution is -2.50. The number of H-pyrrole nitrogens is 1. The summed E-state index contributed by atoms with van der Waals surface area (Å²) < 4.78 is 29.7. The van der Waals surface area contributed by atoms with Gasteiger partial charge in [-0.1, -0.05) is 23.7 Å². The third kappa shape index (κ3) is 3.77. The van der Waals surface area contributed by atoms with Gasteiger partial charge in [-0.3, -0.25) is 14.8 Å². The molecule has 1 aliphatic heterocycles. The maximum Gasteiger partial charge on any atom is 0.310 e. The van der Waals surface area contributed by atoms with E-state index in [2.05, 4.69) is 15.5 Å². The van der Waals surface area contributed by atoms with Crippen LogP contribution in [0.1, 0.15) is 41.3 Å². The van der Waals surface area contributed by atoms with Crippen molar-refractivity contribution < 1.29 is 18.7 Å². The molecule has 2 atom stereocenters. The summed E-state index contributed by atoms with van der Waals surface area (Å²) in [4.78, 5) is 14.3. The first kappa shape index (κ1) is 21.9. The Bertz CT molecular complexity index is 1250. The van der Waals surface area contributed by atoms with Gasteiger partial charge in [0.2, 0.25) is 0 Å². The van der Waals surface area contributed by atoms with Crippen LogP contribution in [0.3, 0.4) is 0 Å². The summed E-state index contributed by atoms with van der Waals surface area (Å²) in [6.07, 6.45) is 0.792. The van der Waals surface area contributed by atoms with Gasteiger partial charge in [-0.15, -0.1) is 0 Å². The number of rotatable bonds is 5. The summed E-state index contributed by atoms with van der Waals surface area (Å²) >= 11 is 5.98. The van der Waals surface area contributed by atoms with Crippen molar-refractivity contribution in [2.45, 2.75) is 38.8 Å². The Labute approximate surface area is 194 Å². The molecule has 0 spiro atoms. The summed E-state index contributed by atoms with van der Waals surface area (Å²) in [6.45, 7) is 2.56. The number of nitrogens with one attached hydrogen (secondary N) is 2. The molecule has 6 nitrogen and oxygen atoms in total. The van der Waals surface area contributed by atoms with Crippen molar-refractivity contribution in [2.24, 2.45) is 5.41 Å². The summed E-state index contributed by atoms with van der Waals surface area (Å²) in [6, 6.07) is 9.28. The number of halogens is 3. The van der Waals surface area contributed by atoms with Crippen LogP contribution in [0.15, 0.2) is 36.4 Å².